The molecule has 0 saturated carbocycles. The van der Waals surface area contributed by atoms with E-state index in [1.54, 1.807) is 0 Å². The van der Waals surface area contributed by atoms with Crippen molar-refractivity contribution in [3.05, 3.63) is 87.9 Å². The molecule has 0 aromatic heterocycles. The van der Waals surface area contributed by atoms with Crippen LogP contribution in [0.3, 0.4) is 0 Å². The first-order valence-corrected chi connectivity index (χ1v) is 17.2. The zero-order valence-electron chi connectivity index (χ0n) is 16.5. The Balaban J connectivity index is 2.04. The van der Waals surface area contributed by atoms with Gasteiger partial charge in [-0.15, -0.1) is 0 Å². The van der Waals surface area contributed by atoms with E-state index in [1.807, 2.05) is 0 Å². The van der Waals surface area contributed by atoms with Gasteiger partial charge in [0.25, 0.3) is 0 Å². The number of halogens is 3. The van der Waals surface area contributed by atoms with Crippen molar-refractivity contribution in [2.24, 2.45) is 0 Å². The summed E-state index contributed by atoms with van der Waals surface area (Å²) in [7, 11) is -14.4. The summed E-state index contributed by atoms with van der Waals surface area (Å²) in [5.41, 5.74) is 0. The van der Waals surface area contributed by atoms with Crippen LogP contribution >= 0.6 is 34.8 Å². The molecule has 3 rings (SSSR count). The molecule has 0 radical (unpaired) electrons. The van der Waals surface area contributed by atoms with Crippen LogP contribution in [0.15, 0.2) is 87.5 Å². The summed E-state index contributed by atoms with van der Waals surface area (Å²) in [4.78, 5) is -1.65. The molecule has 3 aromatic carbocycles. The number of hydrogen-bond acceptors (Lipinski definition) is 9. The first-order chi connectivity index (χ1) is 15.8. The Labute approximate surface area is 217 Å². The summed E-state index contributed by atoms with van der Waals surface area (Å²) in [6, 6.07) is 15.2. The molecule has 0 saturated heterocycles. The molecule has 0 unspecified atom stereocenters. The van der Waals surface area contributed by atoms with Gasteiger partial charge in [0.15, 0.2) is 0 Å². The topological polar surface area (TPSA) is 130 Å². The van der Waals surface area contributed by atoms with E-state index in [0.29, 0.717) is 0 Å². The fraction of sp³-hybridized carbons (Fsp3) is 0. The van der Waals surface area contributed by atoms with Crippen LogP contribution in [0.5, 0.6) is 0 Å². The standard InChI is InChI=1S/3C6H5ClO3S.Ga/c3*7-5-3-1-2-4-6(5)11(8,9)10;/h3*1-4H,(H,8,9,10);/q;;;+3/p-3. The third kappa shape index (κ3) is 6.56. The molecular formula is C18H12Cl3GaO9S3. The second-order valence-electron chi connectivity index (χ2n) is 6.23. The van der Waals surface area contributed by atoms with Crippen molar-refractivity contribution >= 4 is 82.5 Å². The van der Waals surface area contributed by atoms with E-state index in [0.717, 1.165) is 18.2 Å². The van der Waals surface area contributed by atoms with Gasteiger partial charge in [0, 0.05) is 0 Å². The van der Waals surface area contributed by atoms with Gasteiger partial charge in [-0.3, -0.25) is 0 Å². The monoisotopic (exact) mass is 642 g/mol. The Hall–Kier alpha value is -1.10. The molecule has 0 N–H and O–H groups in total. The van der Waals surface area contributed by atoms with Crippen molar-refractivity contribution in [1.82, 2.24) is 0 Å². The number of rotatable bonds is 9. The Morgan fingerprint density at radius 1 is 0.471 bits per heavy atom. The van der Waals surface area contributed by atoms with Gasteiger partial charge in [0.2, 0.25) is 0 Å². The summed E-state index contributed by atoms with van der Waals surface area (Å²) in [5.74, 6) is 0. The van der Waals surface area contributed by atoms with Gasteiger partial charge in [0.05, 0.1) is 0 Å². The van der Waals surface area contributed by atoms with Crippen LogP contribution in [-0.4, -0.2) is 42.6 Å². The van der Waals surface area contributed by atoms with Gasteiger partial charge in [0.1, 0.15) is 0 Å². The quantitative estimate of drug-likeness (QED) is 0.316. The Kier molecular flexibility index (Phi) is 8.80. The van der Waals surface area contributed by atoms with Crippen molar-refractivity contribution in [2.75, 3.05) is 0 Å². The molecule has 9 nitrogen and oxygen atoms in total. The van der Waals surface area contributed by atoms with Crippen molar-refractivity contribution in [3.8, 4) is 0 Å². The zero-order chi connectivity index (χ0) is 25.1. The zero-order valence-corrected chi connectivity index (χ0v) is 23.7. The molecule has 0 bridgehead atoms. The maximum atomic E-state index is 12.8. The predicted molar refractivity (Wildman–Crippen MR) is 125 cm³/mol. The summed E-state index contributed by atoms with van der Waals surface area (Å²) in [6.45, 7) is 0. The van der Waals surface area contributed by atoms with Crippen LogP contribution in [0, 0.1) is 0 Å². The molecule has 180 valence electrons. The molecule has 34 heavy (non-hydrogen) atoms. The summed E-state index contributed by atoms with van der Waals surface area (Å²) >= 11 is 12.5. The molecular weight excluding hydrogens is 632 g/mol. The van der Waals surface area contributed by atoms with Gasteiger partial charge in [-0.2, -0.15) is 0 Å². The molecule has 0 aliphatic heterocycles. The fourth-order valence-electron chi connectivity index (χ4n) is 2.46. The van der Waals surface area contributed by atoms with E-state index in [-0.39, 0.29) is 15.1 Å². The van der Waals surface area contributed by atoms with Gasteiger partial charge in [-0.25, -0.2) is 0 Å². The molecule has 0 heterocycles. The number of hydrogen-bond donors (Lipinski definition) is 0. The van der Waals surface area contributed by atoms with E-state index in [1.165, 1.54) is 54.6 Å². The predicted octanol–water partition coefficient (Wildman–Crippen LogP) is 4.15. The van der Waals surface area contributed by atoms with Crippen LogP contribution in [-0.2, 0) is 39.3 Å². The van der Waals surface area contributed by atoms with Crippen molar-refractivity contribution in [1.29, 1.82) is 0 Å². The first-order valence-electron chi connectivity index (χ1n) is 8.87. The fourth-order valence-corrected chi connectivity index (χ4v) is 14.4. The second kappa shape index (κ2) is 10.9. The van der Waals surface area contributed by atoms with E-state index in [4.69, 9.17) is 43.7 Å². The van der Waals surface area contributed by atoms with Gasteiger partial charge in [-0.1, -0.05) is 0 Å². The minimum absolute atomic E-state index is 0.258. The van der Waals surface area contributed by atoms with Gasteiger partial charge >= 0.3 is 219 Å². The molecule has 16 heteroatoms. The van der Waals surface area contributed by atoms with Gasteiger partial charge < -0.3 is 0 Å². The SMILES string of the molecule is O=S(=O)([O][Ga]([O]S(=O)(=O)c1ccccc1Cl)[O]S(=O)(=O)c1ccccc1Cl)c1ccccc1Cl. The number of benzene rings is 3. The molecule has 0 amide bonds. The molecule has 0 fully saturated rings. The van der Waals surface area contributed by atoms with E-state index in [9.17, 15) is 25.3 Å². The van der Waals surface area contributed by atoms with Crippen molar-refractivity contribution in [3.63, 3.8) is 0 Å². The van der Waals surface area contributed by atoms with Crippen LogP contribution < -0.4 is 0 Å². The third-order valence-electron chi connectivity index (χ3n) is 3.93. The van der Waals surface area contributed by atoms with Crippen molar-refractivity contribution in [2.45, 2.75) is 14.7 Å². The van der Waals surface area contributed by atoms with E-state index < -0.39 is 62.4 Å². The molecule has 0 spiro atoms. The van der Waals surface area contributed by atoms with Crippen LogP contribution in [0.25, 0.3) is 0 Å². The molecule has 0 aliphatic rings. The average molecular weight is 645 g/mol. The van der Waals surface area contributed by atoms with Crippen LogP contribution in [0.2, 0.25) is 15.1 Å². The Morgan fingerprint density at radius 3 is 0.941 bits per heavy atom. The van der Waals surface area contributed by atoms with Gasteiger partial charge in [-0.05, 0) is 0 Å². The normalized spacial score (nSPS) is 12.4. The summed E-state index contributed by atoms with van der Waals surface area (Å²) in [6.07, 6.45) is 0. The van der Waals surface area contributed by atoms with Crippen LogP contribution in [0.1, 0.15) is 0 Å². The summed E-state index contributed by atoms with van der Waals surface area (Å²) in [5, 5.41) is -0.773. The Bertz CT molecular complexity index is 1340. The molecule has 0 atom stereocenters. The second-order valence-corrected chi connectivity index (χ2v) is 16.9. The summed E-state index contributed by atoms with van der Waals surface area (Å²) < 4.78 is 91.3. The first kappa shape index (κ1) is 27.5. The van der Waals surface area contributed by atoms with E-state index >= 15 is 0 Å². The third-order valence-corrected chi connectivity index (χ3v) is 16.9. The average Bonchev–Trinajstić information content (AvgIpc) is 2.73. The van der Waals surface area contributed by atoms with E-state index in [2.05, 4.69) is 0 Å². The molecule has 0 aliphatic carbocycles. The maximum absolute atomic E-state index is 12.8. The molecule has 3 aromatic rings. The Morgan fingerprint density at radius 2 is 0.706 bits per heavy atom. The van der Waals surface area contributed by atoms with Crippen molar-refractivity contribution < 1.29 is 34.2 Å². The van der Waals surface area contributed by atoms with Crippen LogP contribution in [0.4, 0.5) is 0 Å². The minimum atomic E-state index is -5.24.